The van der Waals surface area contributed by atoms with Crippen LogP contribution in [0.15, 0.2) is 36.5 Å². The van der Waals surface area contributed by atoms with Crippen LogP contribution < -0.4 is 10.6 Å². The molecule has 1 aliphatic heterocycles. The fourth-order valence-electron chi connectivity index (χ4n) is 2.29. The fourth-order valence-corrected chi connectivity index (χ4v) is 2.29. The van der Waals surface area contributed by atoms with Gasteiger partial charge in [-0.1, -0.05) is 24.8 Å². The highest BCUT2D eigenvalue weighted by atomic mass is 16.6. The number of phenols is 1. The molecular formula is C15H18N2O5. The molecule has 0 aliphatic carbocycles. The summed E-state index contributed by atoms with van der Waals surface area (Å²) >= 11 is 0. The maximum Gasteiger partial charge on any atom is 0.319 e. The lowest BCUT2D eigenvalue weighted by molar-refractivity contribution is -0.149. The lowest BCUT2D eigenvalue weighted by Gasteiger charge is -2.33. The number of para-hydroxylation sites is 1. The molecule has 1 aliphatic rings. The summed E-state index contributed by atoms with van der Waals surface area (Å²) in [6, 6.07) is 5.24. The highest BCUT2D eigenvalue weighted by molar-refractivity contribution is 5.85. The summed E-state index contributed by atoms with van der Waals surface area (Å²) in [4.78, 5) is 23.9. The Balaban J connectivity index is 2.26. The van der Waals surface area contributed by atoms with Crippen molar-refractivity contribution >= 4 is 12.0 Å². The molecule has 2 amide bonds. The standard InChI is InChI=1S/C15H18N2O5/c1-9-12(14(19)22-8-7-21-2)13(17-15(20)16-9)10-5-3-4-6-11(10)18/h3-6,12-13,18H,1,7-8H2,2H3,(H2,16,17,20)/t12-,13+/m0/s1. The van der Waals surface area contributed by atoms with Crippen LogP contribution in [0.5, 0.6) is 5.75 Å². The van der Waals surface area contributed by atoms with Gasteiger partial charge in [0.15, 0.2) is 0 Å². The minimum absolute atomic E-state index is 0.0165. The molecule has 0 radical (unpaired) electrons. The van der Waals surface area contributed by atoms with Crippen molar-refractivity contribution < 1.29 is 24.2 Å². The second-order valence-electron chi connectivity index (χ2n) is 4.80. The van der Waals surface area contributed by atoms with Crippen molar-refractivity contribution in [2.75, 3.05) is 20.3 Å². The third-order valence-corrected chi connectivity index (χ3v) is 3.33. The van der Waals surface area contributed by atoms with Crippen LogP contribution in [0.1, 0.15) is 11.6 Å². The van der Waals surface area contributed by atoms with E-state index in [9.17, 15) is 14.7 Å². The number of nitrogens with one attached hydrogen (secondary N) is 2. The number of phenolic OH excluding ortho intramolecular Hbond substituents is 1. The maximum absolute atomic E-state index is 12.3. The summed E-state index contributed by atoms with van der Waals surface area (Å²) < 4.78 is 9.95. The Labute approximate surface area is 127 Å². The van der Waals surface area contributed by atoms with Crippen LogP contribution in [-0.2, 0) is 14.3 Å². The molecule has 1 fully saturated rings. The molecule has 1 saturated heterocycles. The summed E-state index contributed by atoms with van der Waals surface area (Å²) in [5.41, 5.74) is 0.645. The zero-order valence-electron chi connectivity index (χ0n) is 12.2. The Morgan fingerprint density at radius 2 is 2.09 bits per heavy atom. The highest BCUT2D eigenvalue weighted by Gasteiger charge is 2.39. The van der Waals surface area contributed by atoms with Gasteiger partial charge in [-0.2, -0.15) is 0 Å². The summed E-state index contributed by atoms with van der Waals surface area (Å²) in [5, 5.41) is 15.1. The largest absolute Gasteiger partial charge is 0.508 e. The van der Waals surface area contributed by atoms with Gasteiger partial charge in [-0.3, -0.25) is 4.79 Å². The average Bonchev–Trinajstić information content (AvgIpc) is 2.47. The lowest BCUT2D eigenvalue weighted by atomic mass is 9.88. The van der Waals surface area contributed by atoms with Crippen LogP contribution in [0.2, 0.25) is 0 Å². The second-order valence-corrected chi connectivity index (χ2v) is 4.80. The summed E-state index contributed by atoms with van der Waals surface area (Å²) in [6.07, 6.45) is 0. The van der Waals surface area contributed by atoms with E-state index in [0.29, 0.717) is 5.56 Å². The van der Waals surface area contributed by atoms with Gasteiger partial charge in [-0.15, -0.1) is 0 Å². The number of carbonyl (C=O) groups excluding carboxylic acids is 2. The van der Waals surface area contributed by atoms with E-state index in [2.05, 4.69) is 17.2 Å². The van der Waals surface area contributed by atoms with Crippen LogP contribution in [0.4, 0.5) is 4.79 Å². The number of rotatable bonds is 5. The molecule has 1 aromatic rings. The predicted octanol–water partition coefficient (Wildman–Crippen LogP) is 1.07. The first-order chi connectivity index (χ1) is 10.5. The molecule has 7 heteroatoms. The SMILES string of the molecule is C=C1NC(=O)N[C@H](c2ccccc2O)[C@H]1C(=O)OCCOC. The number of methoxy groups -OCH3 is 1. The molecule has 118 valence electrons. The molecule has 0 bridgehead atoms. The van der Waals surface area contributed by atoms with Crippen molar-refractivity contribution in [3.05, 3.63) is 42.1 Å². The van der Waals surface area contributed by atoms with Gasteiger partial charge in [-0.05, 0) is 6.07 Å². The maximum atomic E-state index is 12.3. The molecule has 3 N–H and O–H groups in total. The molecule has 7 nitrogen and oxygen atoms in total. The van der Waals surface area contributed by atoms with E-state index >= 15 is 0 Å². The van der Waals surface area contributed by atoms with Crippen molar-refractivity contribution in [3.8, 4) is 5.75 Å². The molecule has 0 unspecified atom stereocenters. The van der Waals surface area contributed by atoms with Crippen LogP contribution in [0.3, 0.4) is 0 Å². The van der Waals surface area contributed by atoms with Gasteiger partial charge < -0.3 is 25.2 Å². The quantitative estimate of drug-likeness (QED) is 0.558. The molecule has 2 rings (SSSR count). The number of aromatic hydroxyl groups is 1. The predicted molar refractivity (Wildman–Crippen MR) is 78.0 cm³/mol. The van der Waals surface area contributed by atoms with Crippen LogP contribution in [-0.4, -0.2) is 37.4 Å². The van der Waals surface area contributed by atoms with E-state index in [-0.39, 0.29) is 24.7 Å². The number of urea groups is 1. The number of hydrogen-bond acceptors (Lipinski definition) is 5. The van der Waals surface area contributed by atoms with Gasteiger partial charge in [-0.25, -0.2) is 4.79 Å². The lowest BCUT2D eigenvalue weighted by Crippen LogP contribution is -2.51. The minimum atomic E-state index is -0.845. The first-order valence-electron chi connectivity index (χ1n) is 6.74. The minimum Gasteiger partial charge on any atom is -0.508 e. The van der Waals surface area contributed by atoms with E-state index in [1.807, 2.05) is 0 Å². The first kappa shape index (κ1) is 15.8. The Hall–Kier alpha value is -2.54. The number of hydrogen-bond donors (Lipinski definition) is 3. The average molecular weight is 306 g/mol. The Morgan fingerprint density at radius 1 is 1.36 bits per heavy atom. The second kappa shape index (κ2) is 6.95. The van der Waals surface area contributed by atoms with Gasteiger partial charge in [0.1, 0.15) is 18.3 Å². The van der Waals surface area contributed by atoms with E-state index in [4.69, 9.17) is 9.47 Å². The molecule has 1 heterocycles. The molecular weight excluding hydrogens is 288 g/mol. The van der Waals surface area contributed by atoms with E-state index in [1.54, 1.807) is 18.2 Å². The van der Waals surface area contributed by atoms with Gasteiger partial charge in [0.05, 0.1) is 12.6 Å². The van der Waals surface area contributed by atoms with E-state index in [0.717, 1.165) is 0 Å². The molecule has 0 aromatic heterocycles. The first-order valence-corrected chi connectivity index (χ1v) is 6.74. The molecule has 2 atom stereocenters. The number of ether oxygens (including phenoxy) is 2. The van der Waals surface area contributed by atoms with Gasteiger partial charge in [0.25, 0.3) is 0 Å². The Morgan fingerprint density at radius 3 is 2.77 bits per heavy atom. The number of carbonyl (C=O) groups is 2. The van der Waals surface area contributed by atoms with Crippen molar-refractivity contribution in [2.45, 2.75) is 6.04 Å². The normalized spacial score (nSPS) is 21.0. The van der Waals surface area contributed by atoms with Crippen LogP contribution >= 0.6 is 0 Å². The molecule has 0 spiro atoms. The summed E-state index contributed by atoms with van der Waals surface area (Å²) in [6.45, 7) is 4.08. The molecule has 22 heavy (non-hydrogen) atoms. The fraction of sp³-hybridized carbons (Fsp3) is 0.333. The zero-order chi connectivity index (χ0) is 16.1. The number of amides is 2. The summed E-state index contributed by atoms with van der Waals surface area (Å²) in [7, 11) is 1.50. The molecule has 0 saturated carbocycles. The van der Waals surface area contributed by atoms with Gasteiger partial charge >= 0.3 is 12.0 Å². The van der Waals surface area contributed by atoms with Crippen LogP contribution in [0, 0.1) is 5.92 Å². The third kappa shape index (κ3) is 3.37. The van der Waals surface area contributed by atoms with Gasteiger partial charge in [0.2, 0.25) is 0 Å². The van der Waals surface area contributed by atoms with Crippen LogP contribution in [0.25, 0.3) is 0 Å². The van der Waals surface area contributed by atoms with Gasteiger partial charge in [0, 0.05) is 18.4 Å². The van der Waals surface area contributed by atoms with Crippen molar-refractivity contribution in [3.63, 3.8) is 0 Å². The van der Waals surface area contributed by atoms with Crippen molar-refractivity contribution in [2.24, 2.45) is 5.92 Å². The number of esters is 1. The molecule has 1 aromatic carbocycles. The van der Waals surface area contributed by atoms with Crippen molar-refractivity contribution in [1.29, 1.82) is 0 Å². The van der Waals surface area contributed by atoms with E-state index in [1.165, 1.54) is 13.2 Å². The number of benzene rings is 1. The smallest absolute Gasteiger partial charge is 0.319 e. The highest BCUT2D eigenvalue weighted by Crippen LogP contribution is 2.34. The monoisotopic (exact) mass is 306 g/mol. The third-order valence-electron chi connectivity index (χ3n) is 3.33. The Bertz CT molecular complexity index is 587. The topological polar surface area (TPSA) is 96.9 Å². The Kier molecular flexibility index (Phi) is 5.00. The summed E-state index contributed by atoms with van der Waals surface area (Å²) in [5.74, 6) is -1.41. The van der Waals surface area contributed by atoms with E-state index < -0.39 is 24.0 Å². The van der Waals surface area contributed by atoms with Crippen molar-refractivity contribution in [1.82, 2.24) is 10.6 Å². The zero-order valence-corrected chi connectivity index (χ0v) is 12.2.